The summed E-state index contributed by atoms with van der Waals surface area (Å²) < 4.78 is 0. The number of hydrogen-bond acceptors (Lipinski definition) is 3. The van der Waals surface area contributed by atoms with Crippen molar-refractivity contribution >= 4 is 5.97 Å². The van der Waals surface area contributed by atoms with Gasteiger partial charge >= 0.3 is 0 Å². The summed E-state index contributed by atoms with van der Waals surface area (Å²) in [7, 11) is 0. The maximum absolute atomic E-state index is 11.8. The summed E-state index contributed by atoms with van der Waals surface area (Å²) in [6.45, 7) is 0. The summed E-state index contributed by atoms with van der Waals surface area (Å²) in [4.78, 5) is 16.4. The molecule has 1 aliphatic rings. The second-order valence-electron chi connectivity index (χ2n) is 6.97. The van der Waals surface area contributed by atoms with Crippen LogP contribution in [0.4, 0.5) is 0 Å². The number of carbonyl (C=O) groups is 1. The summed E-state index contributed by atoms with van der Waals surface area (Å²) in [5.74, 6) is -1.42. The minimum absolute atomic E-state index is 0.126. The van der Waals surface area contributed by atoms with Crippen molar-refractivity contribution in [3.05, 3.63) is 66.0 Å². The molecule has 1 atom stereocenters. The number of benzene rings is 1. The standard InChI is InChI=1S/C21H25NO2/c23-20(24)18(15-17-9-3-1-4-10-17)16-21(12-6-2-7-13-21)19-11-5-8-14-22-19/h1,3-5,8-11,14,18H,2,6-7,12-13,15-16H2,(H,23,24)/p-1. The highest BCUT2D eigenvalue weighted by atomic mass is 16.4. The van der Waals surface area contributed by atoms with Gasteiger partial charge in [0.2, 0.25) is 0 Å². The van der Waals surface area contributed by atoms with Crippen molar-refractivity contribution in [2.75, 3.05) is 0 Å². The van der Waals surface area contributed by atoms with Gasteiger partial charge in [0.1, 0.15) is 0 Å². The van der Waals surface area contributed by atoms with Gasteiger partial charge in [0, 0.05) is 29.2 Å². The molecular weight excluding hydrogens is 298 g/mol. The molecule has 0 radical (unpaired) electrons. The lowest BCUT2D eigenvalue weighted by Gasteiger charge is -2.40. The molecule has 3 nitrogen and oxygen atoms in total. The molecule has 1 aliphatic carbocycles. The van der Waals surface area contributed by atoms with E-state index in [4.69, 9.17) is 0 Å². The minimum atomic E-state index is -0.945. The Morgan fingerprint density at radius 1 is 1.04 bits per heavy atom. The fourth-order valence-corrected chi connectivity index (χ4v) is 4.08. The summed E-state index contributed by atoms with van der Waals surface area (Å²) in [6, 6.07) is 15.8. The SMILES string of the molecule is O=C([O-])C(Cc1ccccc1)CC1(c2ccccn2)CCCCC1. The summed E-state index contributed by atoms with van der Waals surface area (Å²) in [5.41, 5.74) is 1.97. The highest BCUT2D eigenvalue weighted by Gasteiger charge is 2.37. The van der Waals surface area contributed by atoms with Crippen LogP contribution in [-0.4, -0.2) is 11.0 Å². The Morgan fingerprint density at radius 3 is 2.38 bits per heavy atom. The van der Waals surface area contributed by atoms with E-state index >= 15 is 0 Å². The Morgan fingerprint density at radius 2 is 1.75 bits per heavy atom. The van der Waals surface area contributed by atoms with Gasteiger partial charge in [-0.05, 0) is 43.4 Å². The van der Waals surface area contributed by atoms with Crippen LogP contribution in [0.15, 0.2) is 54.7 Å². The van der Waals surface area contributed by atoms with Gasteiger partial charge in [-0.1, -0.05) is 55.7 Å². The first-order valence-electron chi connectivity index (χ1n) is 8.86. The first kappa shape index (κ1) is 16.7. The van der Waals surface area contributed by atoms with Crippen LogP contribution < -0.4 is 5.11 Å². The largest absolute Gasteiger partial charge is 0.550 e. The van der Waals surface area contributed by atoms with Gasteiger partial charge in [-0.3, -0.25) is 4.98 Å². The Labute approximate surface area is 143 Å². The highest BCUT2D eigenvalue weighted by Crippen LogP contribution is 2.43. The molecule has 1 aromatic carbocycles. The van der Waals surface area contributed by atoms with Crippen molar-refractivity contribution in [3.63, 3.8) is 0 Å². The van der Waals surface area contributed by atoms with Crippen LogP contribution in [0.3, 0.4) is 0 Å². The molecule has 1 heterocycles. The quantitative estimate of drug-likeness (QED) is 0.820. The van der Waals surface area contributed by atoms with Crippen LogP contribution >= 0.6 is 0 Å². The molecule has 1 aromatic heterocycles. The molecule has 3 rings (SSSR count). The maximum atomic E-state index is 11.8. The second kappa shape index (κ2) is 7.61. The molecule has 126 valence electrons. The number of carboxylic acid groups (broad SMARTS) is 1. The molecule has 0 N–H and O–H groups in total. The topological polar surface area (TPSA) is 53.0 Å². The van der Waals surface area contributed by atoms with Crippen LogP contribution in [0.2, 0.25) is 0 Å². The van der Waals surface area contributed by atoms with Gasteiger partial charge in [-0.15, -0.1) is 0 Å². The van der Waals surface area contributed by atoms with Crippen molar-refractivity contribution in [3.8, 4) is 0 Å². The maximum Gasteiger partial charge on any atom is 0.0465 e. The molecule has 1 saturated carbocycles. The Bertz CT molecular complexity index is 648. The van der Waals surface area contributed by atoms with Crippen molar-refractivity contribution in [1.82, 2.24) is 4.98 Å². The molecular formula is C21H24NO2-. The number of aliphatic carboxylic acids is 1. The number of nitrogens with zero attached hydrogens (tertiary/aromatic N) is 1. The van der Waals surface area contributed by atoms with Crippen molar-refractivity contribution in [1.29, 1.82) is 0 Å². The number of pyridine rings is 1. The van der Waals surface area contributed by atoms with E-state index in [9.17, 15) is 9.90 Å². The van der Waals surface area contributed by atoms with Crippen LogP contribution in [0, 0.1) is 5.92 Å². The molecule has 0 bridgehead atoms. The first-order chi connectivity index (χ1) is 11.7. The summed E-state index contributed by atoms with van der Waals surface area (Å²) in [6.07, 6.45) is 8.49. The third kappa shape index (κ3) is 3.84. The fourth-order valence-electron chi connectivity index (χ4n) is 4.08. The normalized spacial score (nSPS) is 18.0. The van der Waals surface area contributed by atoms with E-state index in [-0.39, 0.29) is 5.41 Å². The van der Waals surface area contributed by atoms with Crippen molar-refractivity contribution < 1.29 is 9.90 Å². The monoisotopic (exact) mass is 322 g/mol. The van der Waals surface area contributed by atoms with Gasteiger partial charge < -0.3 is 9.90 Å². The first-order valence-corrected chi connectivity index (χ1v) is 8.86. The average Bonchev–Trinajstić information content (AvgIpc) is 2.63. The number of carboxylic acids is 1. The molecule has 0 aliphatic heterocycles. The average molecular weight is 322 g/mol. The lowest BCUT2D eigenvalue weighted by atomic mass is 9.66. The second-order valence-corrected chi connectivity index (χ2v) is 6.97. The molecule has 1 fully saturated rings. The number of carbonyl (C=O) groups excluding carboxylic acids is 1. The van der Waals surface area contributed by atoms with E-state index < -0.39 is 11.9 Å². The minimum Gasteiger partial charge on any atom is -0.550 e. The zero-order valence-electron chi connectivity index (χ0n) is 14.0. The van der Waals surface area contributed by atoms with Crippen LogP contribution in [0.25, 0.3) is 0 Å². The highest BCUT2D eigenvalue weighted by molar-refractivity contribution is 5.68. The zero-order valence-corrected chi connectivity index (χ0v) is 14.0. The lowest BCUT2D eigenvalue weighted by molar-refractivity contribution is -0.312. The number of rotatable bonds is 6. The van der Waals surface area contributed by atoms with Crippen LogP contribution in [-0.2, 0) is 16.6 Å². The zero-order chi connectivity index (χ0) is 16.8. The van der Waals surface area contributed by atoms with Gasteiger partial charge in [-0.25, -0.2) is 0 Å². The van der Waals surface area contributed by atoms with Crippen molar-refractivity contribution in [2.45, 2.75) is 50.4 Å². The van der Waals surface area contributed by atoms with Gasteiger partial charge in [0.05, 0.1) is 0 Å². The van der Waals surface area contributed by atoms with Crippen molar-refractivity contribution in [2.24, 2.45) is 5.92 Å². The third-order valence-electron chi connectivity index (χ3n) is 5.31. The van der Waals surface area contributed by atoms with Gasteiger partial charge in [0.25, 0.3) is 0 Å². The summed E-state index contributed by atoms with van der Waals surface area (Å²) in [5, 5.41) is 11.8. The molecule has 1 unspecified atom stereocenters. The number of aromatic nitrogens is 1. The van der Waals surface area contributed by atoms with E-state index in [1.165, 1.54) is 6.42 Å². The van der Waals surface area contributed by atoms with Crippen LogP contribution in [0.5, 0.6) is 0 Å². The van der Waals surface area contributed by atoms with E-state index in [1.807, 2.05) is 48.7 Å². The Hall–Kier alpha value is -2.16. The smallest absolute Gasteiger partial charge is 0.0465 e. The van der Waals surface area contributed by atoms with Gasteiger partial charge in [-0.2, -0.15) is 0 Å². The Balaban J connectivity index is 1.85. The Kier molecular flexibility index (Phi) is 5.29. The van der Waals surface area contributed by atoms with E-state index in [0.29, 0.717) is 12.8 Å². The molecule has 3 heteroatoms. The van der Waals surface area contributed by atoms with E-state index in [0.717, 1.165) is 36.9 Å². The lowest BCUT2D eigenvalue weighted by Crippen LogP contribution is -2.40. The predicted molar refractivity (Wildman–Crippen MR) is 92.3 cm³/mol. The van der Waals surface area contributed by atoms with Crippen LogP contribution in [0.1, 0.15) is 49.8 Å². The fraction of sp³-hybridized carbons (Fsp3) is 0.429. The van der Waals surface area contributed by atoms with Gasteiger partial charge in [0.15, 0.2) is 0 Å². The molecule has 0 saturated heterocycles. The summed E-state index contributed by atoms with van der Waals surface area (Å²) >= 11 is 0. The third-order valence-corrected chi connectivity index (χ3v) is 5.31. The predicted octanol–water partition coefficient (Wildman–Crippen LogP) is 3.28. The molecule has 0 amide bonds. The number of hydrogen-bond donors (Lipinski definition) is 0. The molecule has 2 aromatic rings. The van der Waals surface area contributed by atoms with E-state index in [1.54, 1.807) is 0 Å². The molecule has 24 heavy (non-hydrogen) atoms. The molecule has 0 spiro atoms. The van der Waals surface area contributed by atoms with E-state index in [2.05, 4.69) is 11.1 Å².